The largest absolute Gasteiger partial charge is 0.490 e. The van der Waals surface area contributed by atoms with E-state index in [0.29, 0.717) is 34.6 Å². The highest BCUT2D eigenvalue weighted by molar-refractivity contribution is 7.19. The molecule has 32 heavy (non-hydrogen) atoms. The zero-order valence-corrected chi connectivity index (χ0v) is 20.5. The van der Waals surface area contributed by atoms with E-state index in [0.717, 1.165) is 48.8 Å². The Hall–Kier alpha value is -1.75. The molecule has 1 aliphatic carbocycles. The van der Waals surface area contributed by atoms with Crippen LogP contribution in [0.15, 0.2) is 41.2 Å². The number of halogens is 3. The van der Waals surface area contributed by atoms with Gasteiger partial charge in [0.2, 0.25) is 0 Å². The van der Waals surface area contributed by atoms with Gasteiger partial charge in [-0.15, -0.1) is 11.3 Å². The van der Waals surface area contributed by atoms with Gasteiger partial charge >= 0.3 is 0 Å². The summed E-state index contributed by atoms with van der Waals surface area (Å²) in [5.41, 5.74) is 0.921. The van der Waals surface area contributed by atoms with E-state index in [1.54, 1.807) is 6.07 Å². The third-order valence-corrected chi connectivity index (χ3v) is 7.67. The summed E-state index contributed by atoms with van der Waals surface area (Å²) in [6, 6.07) is 5.57. The normalized spacial score (nSPS) is 16.7. The van der Waals surface area contributed by atoms with E-state index in [9.17, 15) is 13.2 Å². The van der Waals surface area contributed by atoms with E-state index in [4.69, 9.17) is 4.74 Å². The van der Waals surface area contributed by atoms with E-state index in [2.05, 4.69) is 20.8 Å². The topological polar surface area (TPSA) is 9.23 Å². The van der Waals surface area contributed by atoms with E-state index in [-0.39, 0.29) is 24.1 Å². The molecule has 2 unspecified atom stereocenters. The molecule has 0 fully saturated rings. The highest BCUT2D eigenvalue weighted by atomic mass is 32.1. The summed E-state index contributed by atoms with van der Waals surface area (Å²) in [7, 11) is 0. The van der Waals surface area contributed by atoms with Crippen LogP contribution < -0.4 is 0 Å². The Morgan fingerprint density at radius 2 is 1.75 bits per heavy atom. The molecule has 2 aromatic rings. The number of allylic oxidation sites excluding steroid dienone is 4. The van der Waals surface area contributed by atoms with Crippen molar-refractivity contribution >= 4 is 21.4 Å². The lowest BCUT2D eigenvalue weighted by atomic mass is 9.86. The van der Waals surface area contributed by atoms with Crippen molar-refractivity contribution in [2.24, 2.45) is 11.8 Å². The Morgan fingerprint density at radius 3 is 2.47 bits per heavy atom. The lowest BCUT2D eigenvalue weighted by Gasteiger charge is -2.23. The molecule has 1 nitrogen and oxygen atoms in total. The van der Waals surface area contributed by atoms with Crippen LogP contribution in [0.3, 0.4) is 0 Å². The first kappa shape index (κ1) is 24.9. The van der Waals surface area contributed by atoms with Gasteiger partial charge in [-0.1, -0.05) is 65.5 Å². The smallest absolute Gasteiger partial charge is 0.196 e. The fraction of sp³-hybridized carbons (Fsp3) is 0.556. The summed E-state index contributed by atoms with van der Waals surface area (Å²) in [6.45, 7) is 8.35. The first-order chi connectivity index (χ1) is 15.3. The molecular weight excluding hydrogens is 429 g/mol. The highest BCUT2D eigenvalue weighted by Gasteiger charge is 2.27. The summed E-state index contributed by atoms with van der Waals surface area (Å²) < 4.78 is 50.7. The van der Waals surface area contributed by atoms with Crippen LogP contribution in [0.2, 0.25) is 0 Å². The van der Waals surface area contributed by atoms with Crippen LogP contribution in [0.5, 0.6) is 0 Å². The van der Waals surface area contributed by atoms with E-state index >= 15 is 0 Å². The van der Waals surface area contributed by atoms with Crippen LogP contribution in [0.25, 0.3) is 10.1 Å². The quantitative estimate of drug-likeness (QED) is 0.322. The Morgan fingerprint density at radius 1 is 0.969 bits per heavy atom. The second-order valence-electron chi connectivity index (χ2n) is 9.16. The van der Waals surface area contributed by atoms with E-state index in [1.165, 1.54) is 11.3 Å². The number of ether oxygens (including phenoxy) is 1. The summed E-state index contributed by atoms with van der Waals surface area (Å²) >= 11 is 1.45. The van der Waals surface area contributed by atoms with Crippen molar-refractivity contribution < 1.29 is 17.9 Å². The van der Waals surface area contributed by atoms with Crippen molar-refractivity contribution in [1.29, 1.82) is 0 Å². The predicted molar refractivity (Wildman–Crippen MR) is 129 cm³/mol. The van der Waals surface area contributed by atoms with Crippen molar-refractivity contribution in [3.8, 4) is 0 Å². The molecule has 1 aromatic carbocycles. The molecule has 1 aromatic heterocycles. The average molecular weight is 465 g/mol. The van der Waals surface area contributed by atoms with Gasteiger partial charge in [-0.3, -0.25) is 0 Å². The molecule has 1 heterocycles. The standard InChI is InChI=1S/C27H35F3OS/c1-5-7-17(3)9-10-18(4)22-13-14-23(26(30)25(22)29)31-16-20-12-11-19-15-21(8-6-2)32-27(19)24(20)28/h11-12,15,17-18H,5-10,13-14,16H2,1-4H3. The van der Waals surface area contributed by atoms with Gasteiger partial charge in [-0.2, -0.15) is 0 Å². The van der Waals surface area contributed by atoms with Gasteiger partial charge in [0, 0.05) is 16.9 Å². The Kier molecular flexibility index (Phi) is 8.87. The maximum atomic E-state index is 15.0. The lowest BCUT2D eigenvalue weighted by molar-refractivity contribution is 0.171. The lowest BCUT2D eigenvalue weighted by Crippen LogP contribution is -2.11. The Balaban J connectivity index is 1.68. The molecule has 0 saturated heterocycles. The third kappa shape index (κ3) is 5.78. The van der Waals surface area contributed by atoms with E-state index in [1.807, 2.05) is 19.1 Å². The summed E-state index contributed by atoms with van der Waals surface area (Å²) in [5, 5.41) is 0.878. The van der Waals surface area contributed by atoms with Crippen LogP contribution in [-0.4, -0.2) is 0 Å². The number of hydrogen-bond acceptors (Lipinski definition) is 2. The van der Waals surface area contributed by atoms with Crippen LogP contribution in [0, 0.1) is 17.7 Å². The van der Waals surface area contributed by atoms with Crippen LogP contribution >= 0.6 is 11.3 Å². The van der Waals surface area contributed by atoms with Gasteiger partial charge < -0.3 is 4.74 Å². The maximum Gasteiger partial charge on any atom is 0.196 e. The number of hydrogen-bond donors (Lipinski definition) is 0. The average Bonchev–Trinajstić information content (AvgIpc) is 3.18. The molecule has 0 amide bonds. The molecule has 2 atom stereocenters. The molecule has 0 radical (unpaired) electrons. The Bertz CT molecular complexity index is 988. The van der Waals surface area contributed by atoms with Crippen molar-refractivity contribution in [3.05, 3.63) is 57.4 Å². The highest BCUT2D eigenvalue weighted by Crippen LogP contribution is 2.39. The molecule has 176 valence electrons. The van der Waals surface area contributed by atoms with Crippen molar-refractivity contribution in [2.75, 3.05) is 0 Å². The molecule has 0 bridgehead atoms. The van der Waals surface area contributed by atoms with Gasteiger partial charge in [0.15, 0.2) is 11.7 Å². The molecule has 0 aliphatic heterocycles. The SMILES string of the molecule is CCCc1cc2ccc(COC3=C(F)C(F)=C(C(C)CCC(C)CCC)CC3)c(F)c2s1. The number of thiophene rings is 1. The molecule has 0 spiro atoms. The van der Waals surface area contributed by atoms with Gasteiger partial charge in [0.25, 0.3) is 0 Å². The number of rotatable bonds is 11. The first-order valence-corrected chi connectivity index (χ1v) is 12.8. The minimum atomic E-state index is -0.914. The number of aryl methyl sites for hydroxylation is 1. The van der Waals surface area contributed by atoms with Gasteiger partial charge in [0.05, 0.1) is 4.70 Å². The molecule has 0 saturated carbocycles. The molecule has 0 N–H and O–H groups in total. The minimum absolute atomic E-state index is 0.00449. The minimum Gasteiger partial charge on any atom is -0.490 e. The third-order valence-electron chi connectivity index (χ3n) is 6.47. The summed E-state index contributed by atoms with van der Waals surface area (Å²) in [4.78, 5) is 1.15. The molecule has 3 rings (SSSR count). The fourth-order valence-corrected chi connectivity index (χ4v) is 5.70. The predicted octanol–water partition coefficient (Wildman–Crippen LogP) is 9.56. The fourth-order valence-electron chi connectivity index (χ4n) is 4.48. The summed E-state index contributed by atoms with van der Waals surface area (Å²) in [6.07, 6.45) is 6.88. The first-order valence-electron chi connectivity index (χ1n) is 12.0. The summed E-state index contributed by atoms with van der Waals surface area (Å²) in [5.74, 6) is -1.41. The van der Waals surface area contributed by atoms with Crippen molar-refractivity contribution in [3.63, 3.8) is 0 Å². The van der Waals surface area contributed by atoms with Gasteiger partial charge in [-0.05, 0) is 48.1 Å². The van der Waals surface area contributed by atoms with E-state index < -0.39 is 11.7 Å². The second kappa shape index (κ2) is 11.4. The zero-order chi connectivity index (χ0) is 23.3. The van der Waals surface area contributed by atoms with Gasteiger partial charge in [0.1, 0.15) is 18.2 Å². The monoisotopic (exact) mass is 464 g/mol. The van der Waals surface area contributed by atoms with Gasteiger partial charge in [-0.25, -0.2) is 13.2 Å². The number of benzene rings is 1. The molecule has 1 aliphatic rings. The van der Waals surface area contributed by atoms with Crippen LogP contribution in [-0.2, 0) is 17.8 Å². The molecular formula is C27H35F3OS. The zero-order valence-electron chi connectivity index (χ0n) is 19.7. The van der Waals surface area contributed by atoms with Crippen LogP contribution in [0.1, 0.15) is 83.1 Å². The number of fused-ring (bicyclic) bond motifs is 1. The Labute approximate surface area is 194 Å². The second-order valence-corrected chi connectivity index (χ2v) is 10.3. The molecule has 5 heteroatoms. The maximum absolute atomic E-state index is 15.0. The van der Waals surface area contributed by atoms with Crippen molar-refractivity contribution in [2.45, 2.75) is 85.7 Å². The van der Waals surface area contributed by atoms with Crippen molar-refractivity contribution in [1.82, 2.24) is 0 Å². The van der Waals surface area contributed by atoms with Crippen LogP contribution in [0.4, 0.5) is 13.2 Å².